The van der Waals surface area contributed by atoms with Crippen LogP contribution in [0.25, 0.3) is 0 Å². The third kappa shape index (κ3) is 6.03. The molecule has 4 rings (SSSR count). The van der Waals surface area contributed by atoms with Crippen LogP contribution in [0.3, 0.4) is 0 Å². The molecule has 0 unspecified atom stereocenters. The molecule has 1 amide bonds. The maximum absolute atomic E-state index is 12.9. The van der Waals surface area contributed by atoms with E-state index in [2.05, 4.69) is 10.4 Å². The molecule has 12 heteroatoms. The van der Waals surface area contributed by atoms with E-state index in [0.717, 1.165) is 12.1 Å². The molecule has 1 saturated heterocycles. The summed E-state index contributed by atoms with van der Waals surface area (Å²) < 4.78 is 67.1. The molecule has 0 atom stereocenters. The Hall–Kier alpha value is -2.89. The summed E-state index contributed by atoms with van der Waals surface area (Å²) in [4.78, 5) is 12.8. The van der Waals surface area contributed by atoms with Crippen molar-refractivity contribution in [2.24, 2.45) is 5.92 Å². The summed E-state index contributed by atoms with van der Waals surface area (Å²) in [5.41, 5.74) is 0.105. The maximum Gasteiger partial charge on any atom is 0.416 e. The van der Waals surface area contributed by atoms with Gasteiger partial charge in [0.2, 0.25) is 15.9 Å². The van der Waals surface area contributed by atoms with Crippen LogP contribution in [-0.2, 0) is 27.5 Å². The SMILES string of the molecule is O=C(Nc1cnn(Cc2cccc(C(F)(F)F)c2)c1)C1CCN(S(=O)(=O)c2ccc(Cl)cc2)CC1. The van der Waals surface area contributed by atoms with Crippen LogP contribution in [-0.4, -0.2) is 41.5 Å². The normalized spacial score (nSPS) is 15.8. The molecular weight excluding hydrogens is 505 g/mol. The molecule has 35 heavy (non-hydrogen) atoms. The zero-order chi connectivity index (χ0) is 25.2. The van der Waals surface area contributed by atoms with Crippen molar-refractivity contribution in [2.75, 3.05) is 18.4 Å². The largest absolute Gasteiger partial charge is 0.416 e. The Labute approximate surface area is 205 Å². The van der Waals surface area contributed by atoms with Crippen molar-refractivity contribution in [3.63, 3.8) is 0 Å². The fraction of sp³-hybridized carbons (Fsp3) is 0.304. The van der Waals surface area contributed by atoms with E-state index in [9.17, 15) is 26.4 Å². The van der Waals surface area contributed by atoms with Gasteiger partial charge in [-0.15, -0.1) is 0 Å². The summed E-state index contributed by atoms with van der Waals surface area (Å²) in [6, 6.07) is 10.9. The van der Waals surface area contributed by atoms with E-state index in [0.29, 0.717) is 29.1 Å². The van der Waals surface area contributed by atoms with Gasteiger partial charge in [-0.25, -0.2) is 8.42 Å². The lowest BCUT2D eigenvalue weighted by Crippen LogP contribution is -2.41. The van der Waals surface area contributed by atoms with Gasteiger partial charge in [-0.1, -0.05) is 23.7 Å². The molecule has 1 aliphatic heterocycles. The van der Waals surface area contributed by atoms with Crippen LogP contribution in [0.1, 0.15) is 24.0 Å². The first-order valence-electron chi connectivity index (χ1n) is 10.8. The molecule has 0 saturated carbocycles. The summed E-state index contributed by atoms with van der Waals surface area (Å²) in [6.45, 7) is 0.524. The van der Waals surface area contributed by atoms with Crippen LogP contribution in [0, 0.1) is 5.92 Å². The van der Waals surface area contributed by atoms with Crippen molar-refractivity contribution < 1.29 is 26.4 Å². The highest BCUT2D eigenvalue weighted by Crippen LogP contribution is 2.30. The third-order valence-corrected chi connectivity index (χ3v) is 7.94. The molecule has 1 aliphatic rings. The first-order valence-corrected chi connectivity index (χ1v) is 12.6. The van der Waals surface area contributed by atoms with Gasteiger partial charge in [0.15, 0.2) is 0 Å². The molecule has 186 valence electrons. The second-order valence-electron chi connectivity index (χ2n) is 8.25. The van der Waals surface area contributed by atoms with Gasteiger partial charge >= 0.3 is 6.18 Å². The van der Waals surface area contributed by atoms with E-state index in [4.69, 9.17) is 11.6 Å². The van der Waals surface area contributed by atoms with E-state index < -0.39 is 21.8 Å². The molecule has 1 aromatic heterocycles. The number of anilines is 1. The lowest BCUT2D eigenvalue weighted by molar-refractivity contribution is -0.137. The number of alkyl halides is 3. The van der Waals surface area contributed by atoms with Gasteiger partial charge in [-0.2, -0.15) is 22.6 Å². The molecule has 0 bridgehead atoms. The molecular formula is C23H22ClF3N4O3S. The minimum absolute atomic E-state index is 0.112. The number of piperidine rings is 1. The second-order valence-corrected chi connectivity index (χ2v) is 10.6. The molecule has 2 heterocycles. The van der Waals surface area contributed by atoms with Crippen LogP contribution >= 0.6 is 11.6 Å². The number of nitrogens with zero attached hydrogens (tertiary/aromatic N) is 3. The van der Waals surface area contributed by atoms with E-state index in [1.165, 1.54) is 51.7 Å². The molecule has 3 aromatic rings. The van der Waals surface area contributed by atoms with E-state index in [-0.39, 0.29) is 36.4 Å². The molecule has 0 aliphatic carbocycles. The van der Waals surface area contributed by atoms with Crippen molar-refractivity contribution in [2.45, 2.75) is 30.5 Å². The van der Waals surface area contributed by atoms with Crippen LogP contribution in [0.15, 0.2) is 65.8 Å². The van der Waals surface area contributed by atoms with Crippen molar-refractivity contribution in [1.29, 1.82) is 0 Å². The highest BCUT2D eigenvalue weighted by molar-refractivity contribution is 7.89. The number of carbonyl (C=O) groups is 1. The number of benzene rings is 2. The van der Waals surface area contributed by atoms with Crippen LogP contribution < -0.4 is 5.32 Å². The molecule has 1 N–H and O–H groups in total. The van der Waals surface area contributed by atoms with E-state index in [1.807, 2.05) is 0 Å². The number of nitrogens with one attached hydrogen (secondary N) is 1. The van der Waals surface area contributed by atoms with Gasteiger partial charge in [0.25, 0.3) is 0 Å². The predicted octanol–water partition coefficient (Wildman–Crippen LogP) is 4.64. The number of amides is 1. The Bertz CT molecular complexity index is 1300. The van der Waals surface area contributed by atoms with Crippen LogP contribution in [0.4, 0.5) is 18.9 Å². The molecule has 7 nitrogen and oxygen atoms in total. The van der Waals surface area contributed by atoms with Crippen LogP contribution in [0.2, 0.25) is 5.02 Å². The van der Waals surface area contributed by atoms with Crippen molar-refractivity contribution in [3.8, 4) is 0 Å². The Morgan fingerprint density at radius 1 is 1.11 bits per heavy atom. The Kier molecular flexibility index (Phi) is 7.20. The summed E-state index contributed by atoms with van der Waals surface area (Å²) in [6.07, 6.45) is -0.749. The summed E-state index contributed by atoms with van der Waals surface area (Å²) >= 11 is 5.83. The Morgan fingerprint density at radius 3 is 2.46 bits per heavy atom. The number of halogens is 4. The van der Waals surface area contributed by atoms with Crippen molar-refractivity contribution in [3.05, 3.63) is 77.1 Å². The maximum atomic E-state index is 12.9. The fourth-order valence-electron chi connectivity index (χ4n) is 3.91. The number of rotatable bonds is 6. The number of hydrogen-bond donors (Lipinski definition) is 1. The van der Waals surface area contributed by atoms with Crippen molar-refractivity contribution >= 4 is 33.2 Å². The zero-order valence-electron chi connectivity index (χ0n) is 18.4. The van der Waals surface area contributed by atoms with E-state index >= 15 is 0 Å². The number of carbonyl (C=O) groups excluding carboxylic acids is 1. The third-order valence-electron chi connectivity index (χ3n) is 5.78. The number of hydrogen-bond acceptors (Lipinski definition) is 4. The standard InChI is InChI=1S/C23H22ClF3N4O3S/c24-19-4-6-21(7-5-19)35(33,34)31-10-8-17(9-11-31)22(32)29-20-13-28-30(15-20)14-16-2-1-3-18(12-16)23(25,26)27/h1-7,12-13,15,17H,8-11,14H2,(H,29,32). The molecule has 2 aromatic carbocycles. The highest BCUT2D eigenvalue weighted by Gasteiger charge is 2.32. The average Bonchev–Trinajstić information content (AvgIpc) is 3.25. The lowest BCUT2D eigenvalue weighted by atomic mass is 9.97. The fourth-order valence-corrected chi connectivity index (χ4v) is 5.50. The summed E-state index contributed by atoms with van der Waals surface area (Å²) in [5, 5.41) is 7.31. The Morgan fingerprint density at radius 2 is 1.80 bits per heavy atom. The number of aromatic nitrogens is 2. The van der Waals surface area contributed by atoms with Crippen molar-refractivity contribution in [1.82, 2.24) is 14.1 Å². The van der Waals surface area contributed by atoms with Gasteiger partial charge in [0.1, 0.15) is 0 Å². The number of sulfonamides is 1. The van der Waals surface area contributed by atoms with Gasteiger partial charge in [-0.05, 0) is 54.8 Å². The van der Waals surface area contributed by atoms with Gasteiger partial charge in [0.05, 0.1) is 28.9 Å². The smallest absolute Gasteiger partial charge is 0.323 e. The molecule has 1 fully saturated rings. The topological polar surface area (TPSA) is 84.3 Å². The summed E-state index contributed by atoms with van der Waals surface area (Å²) in [7, 11) is -3.67. The van der Waals surface area contributed by atoms with Gasteiger partial charge < -0.3 is 5.32 Å². The van der Waals surface area contributed by atoms with E-state index in [1.54, 1.807) is 6.07 Å². The quantitative estimate of drug-likeness (QED) is 0.507. The second kappa shape index (κ2) is 10.00. The lowest BCUT2D eigenvalue weighted by Gasteiger charge is -2.30. The zero-order valence-corrected chi connectivity index (χ0v) is 19.9. The highest BCUT2D eigenvalue weighted by atomic mass is 35.5. The van der Waals surface area contributed by atoms with Gasteiger partial charge in [0, 0.05) is 30.2 Å². The predicted molar refractivity (Wildman–Crippen MR) is 124 cm³/mol. The monoisotopic (exact) mass is 526 g/mol. The first-order chi connectivity index (χ1) is 16.5. The summed E-state index contributed by atoms with van der Waals surface area (Å²) in [5.74, 6) is -0.634. The first kappa shape index (κ1) is 25.2. The molecule has 0 spiro atoms. The molecule has 0 radical (unpaired) electrons. The Balaban J connectivity index is 1.32. The van der Waals surface area contributed by atoms with Crippen LogP contribution in [0.5, 0.6) is 0 Å². The average molecular weight is 527 g/mol. The van der Waals surface area contributed by atoms with Gasteiger partial charge in [-0.3, -0.25) is 9.48 Å². The minimum Gasteiger partial charge on any atom is -0.323 e. The minimum atomic E-state index is -4.43.